The molecule has 2 heterocycles. The van der Waals surface area contributed by atoms with Gasteiger partial charge in [-0.25, -0.2) is 0 Å². The summed E-state index contributed by atoms with van der Waals surface area (Å²) in [5.41, 5.74) is 0.859. The van der Waals surface area contributed by atoms with E-state index < -0.39 is 6.10 Å². The van der Waals surface area contributed by atoms with E-state index in [9.17, 15) is 5.11 Å². The van der Waals surface area contributed by atoms with Gasteiger partial charge in [-0.2, -0.15) is 4.98 Å². The molecule has 0 spiro atoms. The molecule has 0 saturated heterocycles. The minimum atomic E-state index is -0.572. The molecule has 1 fully saturated rings. The molecule has 33 heavy (non-hydrogen) atoms. The van der Waals surface area contributed by atoms with E-state index in [2.05, 4.69) is 15.0 Å². The van der Waals surface area contributed by atoms with Crippen LogP contribution in [-0.2, 0) is 17.8 Å². The Balaban J connectivity index is 1.32. The number of aliphatic hydroxyl groups excluding tert-OH is 1. The van der Waals surface area contributed by atoms with Crippen LogP contribution in [-0.4, -0.2) is 59.1 Å². The van der Waals surface area contributed by atoms with Gasteiger partial charge in [-0.1, -0.05) is 36.6 Å². The Labute approximate surface area is 194 Å². The van der Waals surface area contributed by atoms with Crippen molar-refractivity contribution in [1.29, 1.82) is 0 Å². The van der Waals surface area contributed by atoms with Crippen molar-refractivity contribution in [3.8, 4) is 17.1 Å². The molecule has 0 bridgehead atoms. The first kappa shape index (κ1) is 23.5. The number of methoxy groups -OCH3 is 1. The van der Waals surface area contributed by atoms with Gasteiger partial charge in [-0.3, -0.25) is 4.90 Å². The predicted octanol–water partition coefficient (Wildman–Crippen LogP) is 4.09. The normalized spacial score (nSPS) is 15.7. The van der Waals surface area contributed by atoms with Crippen LogP contribution in [0.25, 0.3) is 11.4 Å². The molecule has 3 aromatic rings. The lowest BCUT2D eigenvalue weighted by Crippen LogP contribution is -2.43. The number of aliphatic hydroxyl groups is 1. The molecule has 1 aliphatic rings. The second-order valence-electron chi connectivity index (χ2n) is 8.53. The van der Waals surface area contributed by atoms with E-state index in [0.717, 1.165) is 36.5 Å². The maximum Gasteiger partial charge on any atom is 0.228 e. The van der Waals surface area contributed by atoms with Gasteiger partial charge >= 0.3 is 0 Å². The molecule has 1 unspecified atom stereocenters. The highest BCUT2D eigenvalue weighted by Crippen LogP contribution is 2.24. The van der Waals surface area contributed by atoms with Crippen LogP contribution in [0.1, 0.15) is 43.8 Å². The molecule has 0 amide bonds. The molecule has 1 N–H and O–H groups in total. The van der Waals surface area contributed by atoms with Gasteiger partial charge < -0.3 is 23.5 Å². The zero-order valence-electron chi connectivity index (χ0n) is 19.2. The number of hydrogen-bond donors (Lipinski definition) is 1. The van der Waals surface area contributed by atoms with Crippen molar-refractivity contribution in [2.75, 3.05) is 26.8 Å². The molecule has 2 aromatic heterocycles. The van der Waals surface area contributed by atoms with E-state index in [1.807, 2.05) is 36.4 Å². The number of nitrogens with zero attached hydrogens (tertiary/aromatic N) is 3. The summed E-state index contributed by atoms with van der Waals surface area (Å²) >= 11 is 0. The molecule has 1 aromatic carbocycles. The van der Waals surface area contributed by atoms with Crippen molar-refractivity contribution in [2.24, 2.45) is 0 Å². The smallest absolute Gasteiger partial charge is 0.228 e. The Morgan fingerprint density at radius 3 is 2.85 bits per heavy atom. The first-order valence-electron chi connectivity index (χ1n) is 11.7. The van der Waals surface area contributed by atoms with Gasteiger partial charge in [0.25, 0.3) is 0 Å². The minimum Gasteiger partial charge on any atom is -0.497 e. The van der Waals surface area contributed by atoms with E-state index >= 15 is 0 Å². The summed E-state index contributed by atoms with van der Waals surface area (Å²) in [6.45, 7) is 1.94. The molecule has 1 atom stereocenters. The summed E-state index contributed by atoms with van der Waals surface area (Å²) < 4.78 is 21.7. The molecule has 8 heteroatoms. The number of furan rings is 1. The fourth-order valence-electron chi connectivity index (χ4n) is 4.36. The lowest BCUT2D eigenvalue weighted by Gasteiger charge is -2.35. The van der Waals surface area contributed by atoms with Gasteiger partial charge in [-0.05, 0) is 37.1 Å². The summed E-state index contributed by atoms with van der Waals surface area (Å²) in [5, 5.41) is 14.8. The van der Waals surface area contributed by atoms with E-state index in [-0.39, 0.29) is 6.61 Å². The van der Waals surface area contributed by atoms with E-state index in [1.165, 1.54) is 19.3 Å². The van der Waals surface area contributed by atoms with Crippen molar-refractivity contribution in [3.05, 3.63) is 54.3 Å². The third-order valence-corrected chi connectivity index (χ3v) is 6.08. The second kappa shape index (κ2) is 12.0. The summed E-state index contributed by atoms with van der Waals surface area (Å²) in [6.07, 6.45) is 7.73. The fraction of sp³-hybridized carbons (Fsp3) is 0.520. The summed E-state index contributed by atoms with van der Waals surface area (Å²) in [4.78, 5) is 6.93. The van der Waals surface area contributed by atoms with E-state index in [0.29, 0.717) is 37.3 Å². The highest BCUT2D eigenvalue weighted by atomic mass is 16.5. The number of ether oxygens (including phenoxy) is 2. The fourth-order valence-corrected chi connectivity index (χ4v) is 4.36. The predicted molar refractivity (Wildman–Crippen MR) is 123 cm³/mol. The molecule has 0 radical (unpaired) electrons. The topological polar surface area (TPSA) is 94.0 Å². The first-order valence-corrected chi connectivity index (χ1v) is 11.7. The monoisotopic (exact) mass is 455 g/mol. The third-order valence-electron chi connectivity index (χ3n) is 6.08. The van der Waals surface area contributed by atoms with Crippen LogP contribution < -0.4 is 4.74 Å². The number of hydrogen-bond acceptors (Lipinski definition) is 8. The van der Waals surface area contributed by atoms with Gasteiger partial charge in [0.2, 0.25) is 11.7 Å². The Morgan fingerprint density at radius 1 is 1.18 bits per heavy atom. The van der Waals surface area contributed by atoms with Gasteiger partial charge in [0.05, 0.1) is 26.1 Å². The second-order valence-corrected chi connectivity index (χ2v) is 8.53. The average molecular weight is 456 g/mol. The maximum absolute atomic E-state index is 10.6. The van der Waals surface area contributed by atoms with Crippen LogP contribution in [0.4, 0.5) is 0 Å². The van der Waals surface area contributed by atoms with Crippen molar-refractivity contribution in [1.82, 2.24) is 15.0 Å². The highest BCUT2D eigenvalue weighted by molar-refractivity contribution is 5.56. The molecular weight excluding hydrogens is 422 g/mol. The van der Waals surface area contributed by atoms with Crippen LogP contribution in [0.15, 0.2) is 51.6 Å². The Bertz CT molecular complexity index is 953. The number of aromatic nitrogens is 2. The highest BCUT2D eigenvalue weighted by Gasteiger charge is 2.24. The van der Waals surface area contributed by atoms with E-state index in [4.69, 9.17) is 18.4 Å². The van der Waals surface area contributed by atoms with Crippen LogP contribution in [0.5, 0.6) is 5.75 Å². The average Bonchev–Trinajstić information content (AvgIpc) is 3.55. The van der Waals surface area contributed by atoms with Crippen molar-refractivity contribution < 1.29 is 23.5 Å². The lowest BCUT2D eigenvalue weighted by molar-refractivity contribution is -0.00526. The van der Waals surface area contributed by atoms with Crippen molar-refractivity contribution >= 4 is 0 Å². The largest absolute Gasteiger partial charge is 0.497 e. The summed E-state index contributed by atoms with van der Waals surface area (Å²) in [7, 11) is 1.64. The van der Waals surface area contributed by atoms with Gasteiger partial charge in [0.15, 0.2) is 0 Å². The Hall–Kier alpha value is -2.68. The van der Waals surface area contributed by atoms with Gasteiger partial charge in [0, 0.05) is 31.1 Å². The minimum absolute atomic E-state index is 0.268. The third kappa shape index (κ3) is 6.90. The zero-order valence-corrected chi connectivity index (χ0v) is 19.2. The molecule has 8 nitrogen and oxygen atoms in total. The van der Waals surface area contributed by atoms with Crippen LogP contribution >= 0.6 is 0 Å². The van der Waals surface area contributed by atoms with E-state index in [1.54, 1.807) is 13.4 Å². The van der Waals surface area contributed by atoms with Crippen LogP contribution in [0.2, 0.25) is 0 Å². The molecule has 1 aliphatic carbocycles. The maximum atomic E-state index is 10.6. The zero-order chi connectivity index (χ0) is 22.9. The molecule has 178 valence electrons. The Morgan fingerprint density at radius 2 is 2.06 bits per heavy atom. The standard InChI is InChI=1S/C25H33N3O5/c1-30-22-10-5-7-19(15-22)25-26-24(33-27-25)12-13-28(20-8-3-2-4-9-20)16-21(29)17-31-18-23-11-6-14-32-23/h5-7,10-11,14-15,20-21,29H,2-4,8-9,12-13,16-18H2,1H3. The van der Waals surface area contributed by atoms with Crippen molar-refractivity contribution in [2.45, 2.75) is 57.3 Å². The molecule has 4 rings (SSSR count). The van der Waals surface area contributed by atoms with Gasteiger partial charge in [0.1, 0.15) is 18.1 Å². The lowest BCUT2D eigenvalue weighted by atomic mass is 9.94. The quantitative estimate of drug-likeness (QED) is 0.436. The van der Waals surface area contributed by atoms with Gasteiger partial charge in [-0.15, -0.1) is 0 Å². The Kier molecular flexibility index (Phi) is 8.52. The summed E-state index contributed by atoms with van der Waals surface area (Å²) in [5.74, 6) is 2.66. The number of rotatable bonds is 12. The van der Waals surface area contributed by atoms with Crippen LogP contribution in [0, 0.1) is 0 Å². The van der Waals surface area contributed by atoms with Crippen molar-refractivity contribution in [3.63, 3.8) is 0 Å². The SMILES string of the molecule is COc1cccc(-c2noc(CCN(CC(O)COCc3ccco3)C3CCCCC3)n2)c1. The molecule has 0 aliphatic heterocycles. The first-order chi connectivity index (χ1) is 16.2. The van der Waals surface area contributed by atoms with Crippen LogP contribution in [0.3, 0.4) is 0 Å². The molecular formula is C25H33N3O5. The molecule has 1 saturated carbocycles. The number of benzene rings is 1. The summed E-state index contributed by atoms with van der Waals surface area (Å²) in [6, 6.07) is 11.8.